The Balaban J connectivity index is 1.38. The molecule has 3 amide bonds. The van der Waals surface area contributed by atoms with Gasteiger partial charge in [-0.05, 0) is 55.2 Å². The molecule has 3 aromatic rings. The van der Waals surface area contributed by atoms with Crippen LogP contribution in [0.3, 0.4) is 0 Å². The smallest absolute Gasteiger partial charge is 0.261 e. The van der Waals surface area contributed by atoms with Crippen molar-refractivity contribution in [2.45, 2.75) is 45.8 Å². The zero-order valence-electron chi connectivity index (χ0n) is 21.0. The van der Waals surface area contributed by atoms with Crippen molar-refractivity contribution in [3.63, 3.8) is 0 Å². The van der Waals surface area contributed by atoms with Gasteiger partial charge in [0.05, 0.1) is 10.4 Å². The first-order chi connectivity index (χ1) is 17.8. The maximum Gasteiger partial charge on any atom is 0.261 e. The van der Waals surface area contributed by atoms with Gasteiger partial charge in [0.2, 0.25) is 5.91 Å². The summed E-state index contributed by atoms with van der Waals surface area (Å²) in [6.45, 7) is 5.30. The number of nitrogens with zero attached hydrogens (tertiary/aromatic N) is 1. The van der Waals surface area contributed by atoms with Crippen LogP contribution < -0.4 is 21.8 Å². The Kier molecular flexibility index (Phi) is 8.03. The van der Waals surface area contributed by atoms with Crippen LogP contribution >= 0.6 is 11.3 Å². The highest BCUT2D eigenvalue weighted by atomic mass is 32.1. The van der Waals surface area contributed by atoms with E-state index in [-0.39, 0.29) is 17.7 Å². The molecule has 1 aromatic heterocycles. The first-order valence-corrected chi connectivity index (χ1v) is 13.1. The van der Waals surface area contributed by atoms with Crippen LogP contribution in [0.25, 0.3) is 0 Å². The second-order valence-corrected chi connectivity index (χ2v) is 10.3. The number of aryl methyl sites for hydroxylation is 1. The molecule has 0 spiro atoms. The lowest BCUT2D eigenvalue weighted by Gasteiger charge is -2.30. The van der Waals surface area contributed by atoms with E-state index in [1.807, 2.05) is 38.1 Å². The topological polar surface area (TPSA) is 130 Å². The van der Waals surface area contributed by atoms with Gasteiger partial charge >= 0.3 is 0 Å². The number of fused-ring (bicyclic) bond motifs is 1. The quantitative estimate of drug-likeness (QED) is 0.268. The Morgan fingerprint density at radius 3 is 2.70 bits per heavy atom. The summed E-state index contributed by atoms with van der Waals surface area (Å²) in [4.78, 5) is 42.4. The fourth-order valence-electron chi connectivity index (χ4n) is 4.39. The van der Waals surface area contributed by atoms with Crippen molar-refractivity contribution >= 4 is 41.0 Å². The maximum absolute atomic E-state index is 13.3. The van der Waals surface area contributed by atoms with Crippen LogP contribution in [0.15, 0.2) is 48.5 Å². The minimum absolute atomic E-state index is 0.116. The average Bonchev–Trinajstić information content (AvgIpc) is 3.34. The lowest BCUT2D eigenvalue weighted by molar-refractivity contribution is -0.134. The molecule has 2 aromatic carbocycles. The van der Waals surface area contributed by atoms with Crippen LogP contribution in [0.1, 0.15) is 60.5 Å². The minimum atomic E-state index is -0.660. The van der Waals surface area contributed by atoms with Gasteiger partial charge in [-0.2, -0.15) is 0 Å². The molecule has 1 atom stereocenters. The van der Waals surface area contributed by atoms with Crippen molar-refractivity contribution < 1.29 is 19.8 Å². The number of nitrogen functional groups attached to an aromatic ring is 1. The van der Waals surface area contributed by atoms with Crippen molar-refractivity contribution in [2.75, 3.05) is 12.3 Å². The van der Waals surface area contributed by atoms with Crippen LogP contribution in [0.5, 0.6) is 0 Å². The van der Waals surface area contributed by atoms with Gasteiger partial charge < -0.3 is 21.3 Å². The van der Waals surface area contributed by atoms with Gasteiger partial charge in [-0.3, -0.25) is 19.8 Å². The first-order valence-electron chi connectivity index (χ1n) is 12.3. The van der Waals surface area contributed by atoms with Gasteiger partial charge in [0, 0.05) is 35.8 Å². The molecule has 0 saturated carbocycles. The van der Waals surface area contributed by atoms with Gasteiger partial charge in [0.15, 0.2) is 6.21 Å². The number of benzene rings is 2. The molecular weight excluding hydrogens is 486 g/mol. The monoisotopic (exact) mass is 518 g/mol. The van der Waals surface area contributed by atoms with Gasteiger partial charge in [-0.1, -0.05) is 36.8 Å². The van der Waals surface area contributed by atoms with Crippen LogP contribution in [-0.2, 0) is 24.3 Å². The number of anilines is 1. The average molecular weight is 519 g/mol. The number of nitrogens with one attached hydrogen (secondary N) is 2. The van der Waals surface area contributed by atoms with E-state index in [0.29, 0.717) is 54.2 Å². The number of amides is 3. The van der Waals surface area contributed by atoms with Gasteiger partial charge in [0.1, 0.15) is 6.04 Å². The fourth-order valence-corrected chi connectivity index (χ4v) is 5.46. The second kappa shape index (κ2) is 11.4. The molecular formula is C28H32N5O3S+. The predicted octanol–water partition coefficient (Wildman–Crippen LogP) is 1.84. The summed E-state index contributed by atoms with van der Waals surface area (Å²) < 4.78 is 0. The highest BCUT2D eigenvalue weighted by Gasteiger charge is 2.29. The molecule has 37 heavy (non-hydrogen) atoms. The summed E-state index contributed by atoms with van der Waals surface area (Å²) in [6.07, 6.45) is 2.47. The van der Waals surface area contributed by atoms with Gasteiger partial charge in [-0.25, -0.2) is 0 Å². The van der Waals surface area contributed by atoms with Crippen molar-refractivity contribution in [1.29, 1.82) is 0 Å². The summed E-state index contributed by atoms with van der Waals surface area (Å²) >= 11 is 1.48. The van der Waals surface area contributed by atoms with E-state index in [1.54, 1.807) is 23.1 Å². The number of carbonyl (C=O) groups is 3. The van der Waals surface area contributed by atoms with Crippen LogP contribution in [0, 0.1) is 6.92 Å². The molecule has 8 nitrogen and oxygen atoms in total. The third kappa shape index (κ3) is 6.06. The standard InChI is InChI=1S/C28H31N5O3S/c1-3-23(32-26(34)19-7-8-22(30)20(12-19)14-29)28(36)33-10-9-24-21(16-33)13-25(37-24)27(35)31-15-18-6-4-5-17(2)11-18/h4-8,11-14,23,29H,3,9-10,15-16,30H2,1-2H3,(H,31,35)(H,32,34)/p+1/t23-/m1/s1. The molecule has 1 aliphatic rings. The summed E-state index contributed by atoms with van der Waals surface area (Å²) in [5.74, 6) is -0.613. The molecule has 4 rings (SSSR count). The van der Waals surface area contributed by atoms with Crippen LogP contribution in [-0.4, -0.2) is 41.4 Å². The molecule has 0 unspecified atom stereocenters. The normalized spacial score (nSPS) is 13.4. The van der Waals surface area contributed by atoms with E-state index in [2.05, 4.69) is 16.7 Å². The number of hydrogen-bond acceptors (Lipinski definition) is 5. The third-order valence-corrected chi connectivity index (χ3v) is 7.71. The fraction of sp³-hybridized carbons (Fsp3) is 0.286. The lowest BCUT2D eigenvalue weighted by atomic mass is 10.1. The Labute approximate surface area is 220 Å². The predicted molar refractivity (Wildman–Crippen MR) is 145 cm³/mol. The molecule has 0 saturated heterocycles. The van der Waals surface area contributed by atoms with Crippen LogP contribution in [0.4, 0.5) is 5.69 Å². The number of carbonyl (C=O) groups excluding carboxylic acids is 3. The number of hydrogen-bond donors (Lipinski definition) is 4. The third-order valence-electron chi connectivity index (χ3n) is 6.48. The van der Waals surface area contributed by atoms with E-state index in [4.69, 9.17) is 11.1 Å². The number of rotatable bonds is 8. The van der Waals surface area contributed by atoms with Crippen molar-refractivity contribution in [3.8, 4) is 0 Å². The Bertz CT molecular complexity index is 1350. The summed E-state index contributed by atoms with van der Waals surface area (Å²) in [7, 11) is 0. The molecule has 9 heteroatoms. The molecule has 0 fully saturated rings. The molecule has 0 radical (unpaired) electrons. The zero-order valence-corrected chi connectivity index (χ0v) is 21.9. The van der Waals surface area contributed by atoms with E-state index in [0.717, 1.165) is 21.6 Å². The molecule has 0 aliphatic carbocycles. The minimum Gasteiger partial charge on any atom is -0.398 e. The zero-order chi connectivity index (χ0) is 26.5. The number of nitrogens with two attached hydrogens (primary N) is 2. The van der Waals surface area contributed by atoms with E-state index >= 15 is 0 Å². The highest BCUT2D eigenvalue weighted by molar-refractivity contribution is 7.14. The summed E-state index contributed by atoms with van der Waals surface area (Å²) in [6, 6.07) is 14.1. The molecule has 2 heterocycles. The Morgan fingerprint density at radius 2 is 1.97 bits per heavy atom. The van der Waals surface area contributed by atoms with Crippen molar-refractivity contribution in [2.24, 2.45) is 0 Å². The molecule has 192 valence electrons. The Hall–Kier alpha value is -3.98. The summed E-state index contributed by atoms with van der Waals surface area (Å²) in [5.41, 5.74) is 10.5. The van der Waals surface area contributed by atoms with Crippen molar-refractivity contribution in [1.82, 2.24) is 15.5 Å². The van der Waals surface area contributed by atoms with Crippen molar-refractivity contribution in [3.05, 3.63) is 86.1 Å². The maximum atomic E-state index is 13.3. The lowest BCUT2D eigenvalue weighted by Crippen LogP contribution is -2.49. The second-order valence-electron chi connectivity index (χ2n) is 9.19. The van der Waals surface area contributed by atoms with E-state index < -0.39 is 6.04 Å². The van der Waals surface area contributed by atoms with Gasteiger partial charge in [0.25, 0.3) is 11.8 Å². The summed E-state index contributed by atoms with van der Waals surface area (Å²) in [5, 5.41) is 11.4. The molecule has 6 N–H and O–H groups in total. The van der Waals surface area contributed by atoms with Crippen LogP contribution in [0.2, 0.25) is 0 Å². The highest BCUT2D eigenvalue weighted by Crippen LogP contribution is 2.29. The number of thiophene rings is 1. The van der Waals surface area contributed by atoms with E-state index in [1.165, 1.54) is 17.6 Å². The molecule has 1 aliphatic heterocycles. The largest absolute Gasteiger partial charge is 0.398 e. The Morgan fingerprint density at radius 1 is 1.16 bits per heavy atom. The first kappa shape index (κ1) is 26.1. The SMILES string of the molecule is CC[C@@H](NC(=O)c1ccc(N)c(C=[NH2+])c1)C(=O)N1CCc2sc(C(=O)NCc3cccc(C)c3)cc2C1. The molecule has 0 bridgehead atoms. The van der Waals surface area contributed by atoms with E-state index in [9.17, 15) is 14.4 Å². The van der Waals surface area contributed by atoms with Gasteiger partial charge in [-0.15, -0.1) is 11.3 Å².